The lowest BCUT2D eigenvalue weighted by Crippen LogP contribution is -2.34. The largest absolute Gasteiger partial charge is 0.481 e. The SMILES string of the molecule is CCOC(CCNC(=O)[C@@H]1CC[C@H](C(=O)O)C1)C1CCCC1. The summed E-state index contributed by atoms with van der Waals surface area (Å²) in [5.74, 6) is -0.582. The van der Waals surface area contributed by atoms with E-state index in [2.05, 4.69) is 5.32 Å². The number of carbonyl (C=O) groups excluding carboxylic acids is 1. The molecule has 0 bridgehead atoms. The lowest BCUT2D eigenvalue weighted by Gasteiger charge is -2.23. The molecule has 0 aromatic carbocycles. The number of nitrogens with one attached hydrogen (secondary N) is 1. The fourth-order valence-corrected chi connectivity index (χ4v) is 3.92. The summed E-state index contributed by atoms with van der Waals surface area (Å²) in [5.41, 5.74) is 0. The molecule has 0 heterocycles. The van der Waals surface area contributed by atoms with E-state index >= 15 is 0 Å². The Labute approximate surface area is 132 Å². The molecule has 0 saturated heterocycles. The maximum absolute atomic E-state index is 12.1. The van der Waals surface area contributed by atoms with Crippen molar-refractivity contribution in [2.45, 2.75) is 64.4 Å². The molecule has 2 N–H and O–H groups in total. The predicted octanol–water partition coefficient (Wildman–Crippen LogP) is 2.59. The fraction of sp³-hybridized carbons (Fsp3) is 0.882. The summed E-state index contributed by atoms with van der Waals surface area (Å²) >= 11 is 0. The van der Waals surface area contributed by atoms with Crippen LogP contribution in [0.15, 0.2) is 0 Å². The van der Waals surface area contributed by atoms with Gasteiger partial charge >= 0.3 is 5.97 Å². The van der Waals surface area contributed by atoms with Crippen molar-refractivity contribution in [3.63, 3.8) is 0 Å². The van der Waals surface area contributed by atoms with Gasteiger partial charge in [0, 0.05) is 19.1 Å². The van der Waals surface area contributed by atoms with E-state index in [0.717, 1.165) is 13.0 Å². The first kappa shape index (κ1) is 17.3. The van der Waals surface area contributed by atoms with Gasteiger partial charge in [0.1, 0.15) is 0 Å². The zero-order valence-electron chi connectivity index (χ0n) is 13.6. The number of carboxylic acids is 1. The first-order valence-corrected chi connectivity index (χ1v) is 8.74. The van der Waals surface area contributed by atoms with Gasteiger partial charge < -0.3 is 15.2 Å². The molecule has 2 fully saturated rings. The van der Waals surface area contributed by atoms with E-state index in [0.29, 0.717) is 31.7 Å². The average molecular weight is 311 g/mol. The normalized spacial score (nSPS) is 27.0. The number of hydrogen-bond acceptors (Lipinski definition) is 3. The summed E-state index contributed by atoms with van der Waals surface area (Å²) in [7, 11) is 0. The Bertz CT molecular complexity index is 379. The van der Waals surface area contributed by atoms with Crippen LogP contribution in [0.3, 0.4) is 0 Å². The van der Waals surface area contributed by atoms with Crippen LogP contribution in [-0.2, 0) is 14.3 Å². The predicted molar refractivity (Wildman–Crippen MR) is 83.5 cm³/mol. The number of rotatable bonds is 8. The van der Waals surface area contributed by atoms with E-state index in [4.69, 9.17) is 9.84 Å². The van der Waals surface area contributed by atoms with Crippen molar-refractivity contribution in [1.82, 2.24) is 5.32 Å². The summed E-state index contributed by atoms with van der Waals surface area (Å²) in [6.45, 7) is 3.37. The van der Waals surface area contributed by atoms with E-state index in [1.54, 1.807) is 0 Å². The van der Waals surface area contributed by atoms with Gasteiger partial charge in [-0.1, -0.05) is 12.8 Å². The second-order valence-electron chi connectivity index (χ2n) is 6.66. The molecular formula is C17H29NO4. The minimum Gasteiger partial charge on any atom is -0.481 e. The summed E-state index contributed by atoms with van der Waals surface area (Å²) < 4.78 is 5.85. The zero-order valence-corrected chi connectivity index (χ0v) is 13.6. The van der Waals surface area contributed by atoms with Crippen LogP contribution in [0.4, 0.5) is 0 Å². The summed E-state index contributed by atoms with van der Waals surface area (Å²) in [5, 5.41) is 12.0. The Balaban J connectivity index is 1.70. The van der Waals surface area contributed by atoms with Crippen LogP contribution in [-0.4, -0.2) is 36.2 Å². The highest BCUT2D eigenvalue weighted by Crippen LogP contribution is 2.32. The molecule has 3 atom stereocenters. The molecule has 0 aliphatic heterocycles. The van der Waals surface area contributed by atoms with Crippen molar-refractivity contribution in [2.24, 2.45) is 17.8 Å². The smallest absolute Gasteiger partial charge is 0.306 e. The molecule has 1 unspecified atom stereocenters. The van der Waals surface area contributed by atoms with Crippen LogP contribution < -0.4 is 5.32 Å². The second kappa shape index (κ2) is 8.51. The van der Waals surface area contributed by atoms with Crippen molar-refractivity contribution in [3.8, 4) is 0 Å². The van der Waals surface area contributed by atoms with E-state index in [1.807, 2.05) is 6.92 Å². The number of carbonyl (C=O) groups is 2. The maximum atomic E-state index is 12.1. The van der Waals surface area contributed by atoms with Crippen molar-refractivity contribution < 1.29 is 19.4 Å². The second-order valence-corrected chi connectivity index (χ2v) is 6.66. The standard InChI is InChI=1S/C17H29NO4/c1-2-22-15(12-5-3-4-6-12)9-10-18-16(19)13-7-8-14(11-13)17(20)21/h12-15H,2-11H2,1H3,(H,18,19)(H,20,21)/t13-,14+,15?/m1/s1. The molecule has 126 valence electrons. The molecule has 2 rings (SSSR count). The van der Waals surface area contributed by atoms with Gasteiger partial charge in [0.2, 0.25) is 5.91 Å². The van der Waals surface area contributed by atoms with Gasteiger partial charge in [-0.2, -0.15) is 0 Å². The minimum absolute atomic E-state index is 0.0189. The number of carboxylic acid groups (broad SMARTS) is 1. The Morgan fingerprint density at radius 1 is 1.18 bits per heavy atom. The lowest BCUT2D eigenvalue weighted by atomic mass is 9.97. The minimum atomic E-state index is -0.770. The van der Waals surface area contributed by atoms with Crippen LogP contribution >= 0.6 is 0 Å². The summed E-state index contributed by atoms with van der Waals surface area (Å²) in [6.07, 6.45) is 7.97. The van der Waals surface area contributed by atoms with Crippen molar-refractivity contribution in [1.29, 1.82) is 0 Å². The third-order valence-corrected chi connectivity index (χ3v) is 5.19. The number of amides is 1. The van der Waals surface area contributed by atoms with E-state index < -0.39 is 5.97 Å². The molecule has 0 spiro atoms. The molecule has 0 aromatic rings. The van der Waals surface area contributed by atoms with Crippen molar-refractivity contribution in [3.05, 3.63) is 0 Å². The van der Waals surface area contributed by atoms with E-state index in [1.165, 1.54) is 25.7 Å². The quantitative estimate of drug-likeness (QED) is 0.722. The Morgan fingerprint density at radius 3 is 2.45 bits per heavy atom. The molecule has 2 saturated carbocycles. The first-order chi connectivity index (χ1) is 10.6. The first-order valence-electron chi connectivity index (χ1n) is 8.74. The molecule has 0 aromatic heterocycles. The summed E-state index contributed by atoms with van der Waals surface area (Å²) in [6, 6.07) is 0. The third-order valence-electron chi connectivity index (χ3n) is 5.19. The van der Waals surface area contributed by atoms with Crippen LogP contribution in [0.2, 0.25) is 0 Å². The zero-order chi connectivity index (χ0) is 15.9. The van der Waals surface area contributed by atoms with Crippen LogP contribution in [0.5, 0.6) is 0 Å². The highest BCUT2D eigenvalue weighted by atomic mass is 16.5. The van der Waals surface area contributed by atoms with Crippen molar-refractivity contribution >= 4 is 11.9 Å². The van der Waals surface area contributed by atoms with Crippen LogP contribution in [0.1, 0.15) is 58.3 Å². The maximum Gasteiger partial charge on any atom is 0.306 e. The molecule has 5 heteroatoms. The topological polar surface area (TPSA) is 75.6 Å². The lowest BCUT2D eigenvalue weighted by molar-refractivity contribution is -0.141. The van der Waals surface area contributed by atoms with Gasteiger partial charge in [-0.05, 0) is 51.4 Å². The van der Waals surface area contributed by atoms with E-state index in [9.17, 15) is 9.59 Å². The van der Waals surface area contributed by atoms with Gasteiger partial charge in [-0.25, -0.2) is 0 Å². The van der Waals surface area contributed by atoms with Gasteiger partial charge in [0.05, 0.1) is 12.0 Å². The van der Waals surface area contributed by atoms with Crippen LogP contribution in [0.25, 0.3) is 0 Å². The average Bonchev–Trinajstić information content (AvgIpc) is 3.17. The van der Waals surface area contributed by atoms with Crippen molar-refractivity contribution in [2.75, 3.05) is 13.2 Å². The monoisotopic (exact) mass is 311 g/mol. The van der Waals surface area contributed by atoms with Crippen LogP contribution in [0, 0.1) is 17.8 Å². The van der Waals surface area contributed by atoms with Gasteiger partial charge in [-0.3, -0.25) is 9.59 Å². The molecule has 2 aliphatic rings. The summed E-state index contributed by atoms with van der Waals surface area (Å²) in [4.78, 5) is 23.1. The highest BCUT2D eigenvalue weighted by molar-refractivity contribution is 5.80. The van der Waals surface area contributed by atoms with Gasteiger partial charge in [0.25, 0.3) is 0 Å². The van der Waals surface area contributed by atoms with Gasteiger partial charge in [0.15, 0.2) is 0 Å². The third kappa shape index (κ3) is 4.70. The Morgan fingerprint density at radius 2 is 1.86 bits per heavy atom. The molecule has 2 aliphatic carbocycles. The highest BCUT2D eigenvalue weighted by Gasteiger charge is 2.33. The molecule has 5 nitrogen and oxygen atoms in total. The number of ether oxygens (including phenoxy) is 1. The fourth-order valence-electron chi connectivity index (χ4n) is 3.92. The Hall–Kier alpha value is -1.10. The number of hydrogen-bond donors (Lipinski definition) is 2. The molecule has 22 heavy (non-hydrogen) atoms. The molecule has 1 amide bonds. The van der Waals surface area contributed by atoms with Gasteiger partial charge in [-0.15, -0.1) is 0 Å². The Kier molecular flexibility index (Phi) is 6.68. The van der Waals surface area contributed by atoms with E-state index in [-0.39, 0.29) is 23.8 Å². The molecule has 0 radical (unpaired) electrons. The molecular weight excluding hydrogens is 282 g/mol. The number of aliphatic carboxylic acids is 1.